The molecule has 2 aromatic carbocycles. The van der Waals surface area contributed by atoms with Crippen LogP contribution in [0, 0.1) is 0 Å². The molecule has 25 heavy (non-hydrogen) atoms. The van der Waals surface area contributed by atoms with Crippen LogP contribution in [0.1, 0.15) is 23.2 Å². The van der Waals surface area contributed by atoms with Crippen molar-refractivity contribution in [1.29, 1.82) is 0 Å². The Balaban J connectivity index is 1.41. The Bertz CT molecular complexity index is 902. The van der Waals surface area contributed by atoms with Crippen LogP contribution in [0.5, 0.6) is 0 Å². The molecule has 0 spiro atoms. The molecule has 0 saturated heterocycles. The number of H-pyrrole nitrogens is 1. The molecular weight excluding hydrogens is 314 g/mol. The second-order valence-corrected chi connectivity index (χ2v) is 6.53. The number of fused-ring (bicyclic) bond motifs is 3. The van der Waals surface area contributed by atoms with Gasteiger partial charge in [-0.3, -0.25) is 0 Å². The summed E-state index contributed by atoms with van der Waals surface area (Å²) in [5.74, 6) is 0. The second kappa shape index (κ2) is 6.51. The first kappa shape index (κ1) is 15.6. The highest BCUT2D eigenvalue weighted by Gasteiger charge is 2.24. The molecule has 0 aliphatic heterocycles. The van der Waals surface area contributed by atoms with Gasteiger partial charge in [-0.1, -0.05) is 30.3 Å². The van der Waals surface area contributed by atoms with Crippen LogP contribution < -0.4 is 11.1 Å². The van der Waals surface area contributed by atoms with Crippen molar-refractivity contribution in [2.45, 2.75) is 31.9 Å². The van der Waals surface area contributed by atoms with Crippen molar-refractivity contribution in [1.82, 2.24) is 10.3 Å². The van der Waals surface area contributed by atoms with Gasteiger partial charge in [-0.25, -0.2) is 4.79 Å². The van der Waals surface area contributed by atoms with E-state index in [1.165, 1.54) is 11.3 Å². The van der Waals surface area contributed by atoms with Gasteiger partial charge in [0.2, 0.25) is 0 Å². The molecule has 0 saturated carbocycles. The highest BCUT2D eigenvalue weighted by atomic mass is 16.5. The summed E-state index contributed by atoms with van der Waals surface area (Å²) in [6.07, 6.45) is 2.24. The maximum absolute atomic E-state index is 12.1. The largest absolute Gasteiger partial charge is 0.445 e. The smallest absolute Gasteiger partial charge is 0.407 e. The van der Waals surface area contributed by atoms with Gasteiger partial charge in [0.25, 0.3) is 0 Å². The van der Waals surface area contributed by atoms with Gasteiger partial charge in [-0.2, -0.15) is 0 Å². The van der Waals surface area contributed by atoms with E-state index in [9.17, 15) is 4.79 Å². The minimum atomic E-state index is -0.364. The number of alkyl carbamates (subject to hydrolysis) is 1. The number of carbonyl (C=O) groups is 1. The van der Waals surface area contributed by atoms with E-state index in [4.69, 9.17) is 10.5 Å². The summed E-state index contributed by atoms with van der Waals surface area (Å²) in [4.78, 5) is 15.6. The standard InChI is InChI=1S/C20H21N3O2/c21-14-6-8-18-16(10-14)17-11-15(7-9-19(17)23-18)22-20(24)25-12-13-4-2-1-3-5-13/h1-6,8,10,15,23H,7,9,11-12,21H2,(H,22,24)/t15-/m1/s1. The molecule has 5 nitrogen and oxygen atoms in total. The molecule has 0 unspecified atom stereocenters. The van der Waals surface area contributed by atoms with Gasteiger partial charge < -0.3 is 20.8 Å². The summed E-state index contributed by atoms with van der Waals surface area (Å²) in [5, 5.41) is 4.14. The van der Waals surface area contributed by atoms with Crippen LogP contribution in [0.4, 0.5) is 10.5 Å². The Morgan fingerprint density at radius 2 is 2.08 bits per heavy atom. The Labute approximate surface area is 146 Å². The fraction of sp³-hybridized carbons (Fsp3) is 0.250. The number of nitrogens with two attached hydrogens (primary N) is 1. The minimum absolute atomic E-state index is 0.0798. The number of amides is 1. The van der Waals surface area contributed by atoms with Crippen molar-refractivity contribution < 1.29 is 9.53 Å². The monoisotopic (exact) mass is 335 g/mol. The Morgan fingerprint density at radius 1 is 1.24 bits per heavy atom. The predicted octanol–water partition coefficient (Wildman–Crippen LogP) is 3.53. The normalized spacial score (nSPS) is 16.4. The Hall–Kier alpha value is -2.95. The molecule has 3 aromatic rings. The molecule has 0 radical (unpaired) electrons. The number of benzene rings is 2. The van der Waals surface area contributed by atoms with Gasteiger partial charge in [0.05, 0.1) is 0 Å². The van der Waals surface area contributed by atoms with E-state index in [2.05, 4.69) is 10.3 Å². The molecule has 1 aliphatic carbocycles. The lowest BCUT2D eigenvalue weighted by atomic mass is 9.91. The van der Waals surface area contributed by atoms with E-state index < -0.39 is 0 Å². The quantitative estimate of drug-likeness (QED) is 0.641. The zero-order valence-corrected chi connectivity index (χ0v) is 13.9. The number of aryl methyl sites for hydroxylation is 1. The third kappa shape index (κ3) is 3.31. The summed E-state index contributed by atoms with van der Waals surface area (Å²) in [6.45, 7) is 0.286. The molecule has 4 N–H and O–H groups in total. The minimum Gasteiger partial charge on any atom is -0.445 e. The fourth-order valence-electron chi connectivity index (χ4n) is 3.49. The number of hydrogen-bond acceptors (Lipinski definition) is 3. The van der Waals surface area contributed by atoms with Gasteiger partial charge in [0.15, 0.2) is 0 Å². The highest BCUT2D eigenvalue weighted by Crippen LogP contribution is 2.30. The molecule has 1 heterocycles. The number of nitrogen functional groups attached to an aromatic ring is 1. The van der Waals surface area contributed by atoms with Crippen LogP contribution in [0.15, 0.2) is 48.5 Å². The summed E-state index contributed by atoms with van der Waals surface area (Å²) in [7, 11) is 0. The number of hydrogen-bond donors (Lipinski definition) is 3. The third-order valence-corrected chi connectivity index (χ3v) is 4.75. The summed E-state index contributed by atoms with van der Waals surface area (Å²) < 4.78 is 5.33. The first-order chi connectivity index (χ1) is 12.2. The van der Waals surface area contributed by atoms with Crippen LogP contribution in [0.25, 0.3) is 10.9 Å². The van der Waals surface area contributed by atoms with Gasteiger partial charge in [0.1, 0.15) is 6.61 Å². The predicted molar refractivity (Wildman–Crippen MR) is 98.3 cm³/mol. The molecule has 1 aromatic heterocycles. The molecular formula is C20H21N3O2. The maximum atomic E-state index is 12.1. The average molecular weight is 335 g/mol. The molecule has 0 bridgehead atoms. The fourth-order valence-corrected chi connectivity index (χ4v) is 3.49. The molecule has 128 valence electrons. The van der Waals surface area contributed by atoms with Crippen molar-refractivity contribution in [2.75, 3.05) is 5.73 Å². The Morgan fingerprint density at radius 3 is 2.92 bits per heavy atom. The zero-order valence-electron chi connectivity index (χ0n) is 13.9. The molecule has 4 rings (SSSR count). The summed E-state index contributed by atoms with van der Waals surface area (Å²) >= 11 is 0. The van der Waals surface area contributed by atoms with Crippen molar-refractivity contribution in [3.05, 3.63) is 65.4 Å². The van der Waals surface area contributed by atoms with E-state index >= 15 is 0 Å². The number of anilines is 1. The third-order valence-electron chi connectivity index (χ3n) is 4.75. The van der Waals surface area contributed by atoms with Gasteiger partial charge in [-0.05, 0) is 48.6 Å². The van der Waals surface area contributed by atoms with Crippen molar-refractivity contribution >= 4 is 22.7 Å². The first-order valence-corrected chi connectivity index (χ1v) is 8.55. The lowest BCUT2D eigenvalue weighted by Gasteiger charge is -2.23. The summed E-state index contributed by atoms with van der Waals surface area (Å²) in [6, 6.07) is 15.7. The molecule has 1 atom stereocenters. The highest BCUT2D eigenvalue weighted by molar-refractivity contribution is 5.87. The van der Waals surface area contributed by atoms with Gasteiger partial charge >= 0.3 is 6.09 Å². The van der Waals surface area contributed by atoms with Crippen molar-refractivity contribution in [2.24, 2.45) is 0 Å². The molecule has 0 fully saturated rings. The van der Waals surface area contributed by atoms with Crippen molar-refractivity contribution in [3.63, 3.8) is 0 Å². The Kier molecular flexibility index (Phi) is 4.06. The number of nitrogens with one attached hydrogen (secondary N) is 2. The first-order valence-electron chi connectivity index (χ1n) is 8.55. The van der Waals surface area contributed by atoms with Gasteiger partial charge in [0, 0.05) is 28.3 Å². The lowest BCUT2D eigenvalue weighted by Crippen LogP contribution is -2.39. The van der Waals surface area contributed by atoms with E-state index in [0.717, 1.165) is 41.4 Å². The summed E-state index contributed by atoms with van der Waals surface area (Å²) in [5.41, 5.74) is 11.3. The topological polar surface area (TPSA) is 80.1 Å². The second-order valence-electron chi connectivity index (χ2n) is 6.53. The molecule has 1 amide bonds. The van der Waals surface area contributed by atoms with Gasteiger partial charge in [-0.15, -0.1) is 0 Å². The van der Waals surface area contributed by atoms with E-state index in [-0.39, 0.29) is 18.7 Å². The number of carbonyl (C=O) groups excluding carboxylic acids is 1. The van der Waals surface area contributed by atoms with E-state index in [1.807, 2.05) is 48.5 Å². The molecule has 1 aliphatic rings. The average Bonchev–Trinajstić information content (AvgIpc) is 2.98. The van der Waals surface area contributed by atoms with Crippen LogP contribution in [0.3, 0.4) is 0 Å². The van der Waals surface area contributed by atoms with Crippen molar-refractivity contribution in [3.8, 4) is 0 Å². The SMILES string of the molecule is Nc1ccc2[nH]c3c(c2c1)C[C@H](NC(=O)OCc1ccccc1)CC3. The number of aromatic amines is 1. The zero-order chi connectivity index (χ0) is 17.2. The number of ether oxygens (including phenoxy) is 1. The van der Waals surface area contributed by atoms with Crippen LogP contribution in [-0.2, 0) is 24.2 Å². The van der Waals surface area contributed by atoms with E-state index in [1.54, 1.807) is 0 Å². The number of aromatic nitrogens is 1. The molecule has 5 heteroatoms. The maximum Gasteiger partial charge on any atom is 0.407 e. The van der Waals surface area contributed by atoms with Crippen LogP contribution in [0.2, 0.25) is 0 Å². The number of rotatable bonds is 3. The van der Waals surface area contributed by atoms with Crippen LogP contribution >= 0.6 is 0 Å². The lowest BCUT2D eigenvalue weighted by molar-refractivity contribution is 0.134. The van der Waals surface area contributed by atoms with E-state index in [0.29, 0.717) is 0 Å². The van der Waals surface area contributed by atoms with Crippen LogP contribution in [-0.4, -0.2) is 17.1 Å².